The number of nitriles is 1. The molecule has 0 amide bonds. The molecule has 0 aliphatic heterocycles. The Morgan fingerprint density at radius 3 is 2.03 bits per heavy atom. The minimum Gasteiger partial charge on any atom is -0.493 e. The zero-order valence-electron chi connectivity index (χ0n) is 21.8. The first-order valence-electron chi connectivity index (χ1n) is 11.9. The highest BCUT2D eigenvalue weighted by atomic mass is 16.5. The predicted octanol–water partition coefficient (Wildman–Crippen LogP) is 5.48. The Balaban J connectivity index is 2.06. The molecule has 0 aliphatic carbocycles. The van der Waals surface area contributed by atoms with Crippen molar-refractivity contribution >= 4 is 0 Å². The molecule has 2 unspecified atom stereocenters. The highest BCUT2D eigenvalue weighted by Crippen LogP contribution is 2.41. The number of hydrogen-bond donors (Lipinski definition) is 0. The molecule has 6 heteroatoms. The van der Waals surface area contributed by atoms with E-state index in [0.717, 1.165) is 55.8 Å². The van der Waals surface area contributed by atoms with Gasteiger partial charge in [-0.25, -0.2) is 0 Å². The molecule has 0 saturated carbocycles. The number of nitrogens with zero attached hydrogens (tertiary/aromatic N) is 2. The minimum absolute atomic E-state index is 0.215. The molecular weight excluding hydrogens is 428 g/mol. The van der Waals surface area contributed by atoms with E-state index in [1.807, 2.05) is 30.3 Å². The number of likely N-dealkylation sites (N-methyl/N-ethyl adjacent to an activating group) is 1. The van der Waals surface area contributed by atoms with E-state index in [-0.39, 0.29) is 5.92 Å². The fraction of sp³-hybridized carbons (Fsp3) is 0.536. The van der Waals surface area contributed by atoms with Crippen LogP contribution in [-0.4, -0.2) is 53.5 Å². The first kappa shape index (κ1) is 27.3. The zero-order chi connectivity index (χ0) is 25.1. The Hall–Kier alpha value is -2.91. The van der Waals surface area contributed by atoms with E-state index in [1.165, 1.54) is 5.56 Å². The lowest BCUT2D eigenvalue weighted by Crippen LogP contribution is -2.33. The zero-order valence-corrected chi connectivity index (χ0v) is 21.8. The van der Waals surface area contributed by atoms with Crippen molar-refractivity contribution in [3.05, 3.63) is 47.5 Å². The van der Waals surface area contributed by atoms with Gasteiger partial charge in [0.05, 0.1) is 39.9 Å². The summed E-state index contributed by atoms with van der Waals surface area (Å²) in [5, 5.41) is 10.4. The molecule has 2 aromatic carbocycles. The van der Waals surface area contributed by atoms with E-state index in [9.17, 15) is 5.26 Å². The fourth-order valence-corrected chi connectivity index (χ4v) is 4.46. The summed E-state index contributed by atoms with van der Waals surface area (Å²) in [7, 11) is 8.70. The van der Waals surface area contributed by atoms with Crippen LogP contribution in [0.15, 0.2) is 36.4 Å². The molecule has 34 heavy (non-hydrogen) atoms. The van der Waals surface area contributed by atoms with Gasteiger partial charge in [-0.3, -0.25) is 0 Å². The smallest absolute Gasteiger partial charge is 0.161 e. The third-order valence-corrected chi connectivity index (χ3v) is 6.89. The Bertz CT molecular complexity index is 956. The average Bonchev–Trinajstić information content (AvgIpc) is 2.88. The summed E-state index contributed by atoms with van der Waals surface area (Å²) in [6.45, 7) is 6.16. The lowest BCUT2D eigenvalue weighted by Gasteiger charge is -2.34. The van der Waals surface area contributed by atoms with Crippen LogP contribution in [0, 0.1) is 17.2 Å². The second-order valence-electron chi connectivity index (χ2n) is 8.81. The van der Waals surface area contributed by atoms with Gasteiger partial charge in [-0.1, -0.05) is 32.4 Å². The van der Waals surface area contributed by atoms with E-state index in [0.29, 0.717) is 11.5 Å². The lowest BCUT2D eigenvalue weighted by atomic mass is 9.68. The summed E-state index contributed by atoms with van der Waals surface area (Å²) in [6, 6.07) is 14.6. The first-order chi connectivity index (χ1) is 16.4. The number of methoxy groups -OCH3 is 4. The maximum atomic E-state index is 10.4. The second-order valence-corrected chi connectivity index (χ2v) is 8.81. The number of benzene rings is 2. The van der Waals surface area contributed by atoms with Gasteiger partial charge in [-0.05, 0) is 74.2 Å². The normalized spacial score (nSPS) is 13.6. The molecule has 186 valence electrons. The van der Waals surface area contributed by atoms with Crippen LogP contribution >= 0.6 is 0 Å². The van der Waals surface area contributed by atoms with Crippen LogP contribution in [-0.2, 0) is 11.8 Å². The predicted molar refractivity (Wildman–Crippen MR) is 136 cm³/mol. The summed E-state index contributed by atoms with van der Waals surface area (Å²) in [5.41, 5.74) is 1.63. The van der Waals surface area contributed by atoms with Gasteiger partial charge in [0.2, 0.25) is 0 Å². The largest absolute Gasteiger partial charge is 0.493 e. The molecule has 6 nitrogen and oxygen atoms in total. The Kier molecular flexibility index (Phi) is 10.5. The maximum Gasteiger partial charge on any atom is 0.161 e. The van der Waals surface area contributed by atoms with Crippen LogP contribution in [0.25, 0.3) is 0 Å². The summed E-state index contributed by atoms with van der Waals surface area (Å²) in [5.74, 6) is 3.05. The lowest BCUT2D eigenvalue weighted by molar-refractivity contribution is 0.281. The van der Waals surface area contributed by atoms with Gasteiger partial charge in [-0.2, -0.15) is 5.26 Å². The number of rotatable bonds is 14. The average molecular weight is 469 g/mol. The maximum absolute atomic E-state index is 10.4. The van der Waals surface area contributed by atoms with Gasteiger partial charge in [0, 0.05) is 6.54 Å². The molecular formula is C28H40N2O4. The van der Waals surface area contributed by atoms with Crippen molar-refractivity contribution in [1.82, 2.24) is 4.90 Å². The summed E-state index contributed by atoms with van der Waals surface area (Å²) in [6.07, 6.45) is 3.56. The number of ether oxygens (including phenoxy) is 4. The fourth-order valence-electron chi connectivity index (χ4n) is 4.46. The highest BCUT2D eigenvalue weighted by Gasteiger charge is 2.37. The molecule has 0 aromatic heterocycles. The molecule has 0 aliphatic rings. The summed E-state index contributed by atoms with van der Waals surface area (Å²) in [4.78, 5) is 2.32. The second kappa shape index (κ2) is 13.1. The number of hydrogen-bond acceptors (Lipinski definition) is 6. The van der Waals surface area contributed by atoms with Crippen molar-refractivity contribution in [3.8, 4) is 29.1 Å². The Labute approximate surface area is 205 Å². The molecule has 2 rings (SSSR count). The van der Waals surface area contributed by atoms with Crippen molar-refractivity contribution in [2.24, 2.45) is 5.92 Å². The molecule has 0 N–H and O–H groups in total. The van der Waals surface area contributed by atoms with Crippen molar-refractivity contribution in [2.45, 2.75) is 44.9 Å². The van der Waals surface area contributed by atoms with Crippen molar-refractivity contribution < 1.29 is 18.9 Å². The molecule has 2 atom stereocenters. The topological polar surface area (TPSA) is 64.0 Å². The molecule has 0 saturated heterocycles. The quantitative estimate of drug-likeness (QED) is 0.366. The third-order valence-electron chi connectivity index (χ3n) is 6.89. The SMILES string of the molecule is CCC(C)C(C#N)(CCCN(C)CCc1ccc(OC)c(OC)c1)c1ccc(OC)c(OC)c1. The van der Waals surface area contributed by atoms with E-state index < -0.39 is 5.41 Å². The molecule has 0 heterocycles. The molecule has 0 fully saturated rings. The van der Waals surface area contributed by atoms with Crippen LogP contribution in [0.4, 0.5) is 0 Å². The molecule has 0 spiro atoms. The van der Waals surface area contributed by atoms with E-state index >= 15 is 0 Å². The van der Waals surface area contributed by atoms with Crippen LogP contribution < -0.4 is 18.9 Å². The third kappa shape index (κ3) is 6.36. The molecule has 0 bridgehead atoms. The van der Waals surface area contributed by atoms with Gasteiger partial charge in [0.1, 0.15) is 0 Å². The van der Waals surface area contributed by atoms with E-state index in [4.69, 9.17) is 18.9 Å². The van der Waals surface area contributed by atoms with E-state index in [2.05, 4.69) is 37.9 Å². The molecule has 2 aromatic rings. The Morgan fingerprint density at radius 2 is 1.47 bits per heavy atom. The standard InChI is InChI=1S/C28H40N2O4/c1-8-21(2)28(20-29,23-11-13-25(32-5)27(19-23)34-7)15-9-16-30(3)17-14-22-10-12-24(31-4)26(18-22)33-6/h10-13,18-19,21H,8-9,14-17H2,1-7H3. The van der Waals surface area contributed by atoms with Crippen LogP contribution in [0.2, 0.25) is 0 Å². The van der Waals surface area contributed by atoms with Gasteiger partial charge in [-0.15, -0.1) is 0 Å². The minimum atomic E-state index is -0.571. The van der Waals surface area contributed by atoms with Gasteiger partial charge in [0.15, 0.2) is 23.0 Å². The van der Waals surface area contributed by atoms with E-state index in [1.54, 1.807) is 28.4 Å². The van der Waals surface area contributed by atoms with Crippen LogP contribution in [0.5, 0.6) is 23.0 Å². The van der Waals surface area contributed by atoms with Crippen molar-refractivity contribution in [1.29, 1.82) is 5.26 Å². The summed E-state index contributed by atoms with van der Waals surface area (Å²) < 4.78 is 21.7. The Morgan fingerprint density at radius 1 is 0.882 bits per heavy atom. The van der Waals surface area contributed by atoms with Crippen LogP contribution in [0.3, 0.4) is 0 Å². The molecule has 0 radical (unpaired) electrons. The van der Waals surface area contributed by atoms with Crippen molar-refractivity contribution in [2.75, 3.05) is 48.6 Å². The summed E-state index contributed by atoms with van der Waals surface area (Å²) >= 11 is 0. The monoisotopic (exact) mass is 468 g/mol. The van der Waals surface area contributed by atoms with Gasteiger partial charge in [0.25, 0.3) is 0 Å². The highest BCUT2D eigenvalue weighted by molar-refractivity contribution is 5.47. The van der Waals surface area contributed by atoms with Crippen molar-refractivity contribution in [3.63, 3.8) is 0 Å². The van der Waals surface area contributed by atoms with Gasteiger partial charge >= 0.3 is 0 Å². The van der Waals surface area contributed by atoms with Crippen LogP contribution in [0.1, 0.15) is 44.2 Å². The first-order valence-corrected chi connectivity index (χ1v) is 11.9. The van der Waals surface area contributed by atoms with Gasteiger partial charge < -0.3 is 23.8 Å².